The Balaban J connectivity index is 7.10. The number of esters is 1. The number of rotatable bonds is 16. The SMILES string of the molecule is C=C(C)C(=O)OC(CC)[Si](O[Si](C)(C)O[Si](C)(C)C)(O[Si](C)(C)O[Si](C)(C)C)O[Si](C)(C)O[Si](C)(C)C. The molecule has 0 rings (SSSR count). The van der Waals surface area contributed by atoms with Crippen LogP contribution in [0.25, 0.3) is 0 Å². The Kier molecular flexibility index (Phi) is 13.2. The normalized spacial score (nSPS) is 15.5. The molecule has 37 heavy (non-hydrogen) atoms. The van der Waals surface area contributed by atoms with E-state index in [-0.39, 0.29) is 0 Å². The van der Waals surface area contributed by atoms with E-state index in [1.165, 1.54) is 0 Å². The summed E-state index contributed by atoms with van der Waals surface area (Å²) in [6.07, 6.45) is 0.442. The van der Waals surface area contributed by atoms with Crippen molar-refractivity contribution in [3.63, 3.8) is 0 Å². The van der Waals surface area contributed by atoms with Crippen molar-refractivity contribution in [3.05, 3.63) is 12.2 Å². The minimum absolute atomic E-state index is 0.306. The standard InChI is InChI=1S/C22H56O8Si7/c1-19-21(24-22(23)20(2)3)37(28-34(13,14)25-31(4,5)6,29-35(15,16)26-32(7,8)9)30-36(17,18)27-33(10,11)12/h21H,2,19H2,1,3-18H3. The van der Waals surface area contributed by atoms with E-state index < -0.39 is 71.1 Å². The highest BCUT2D eigenvalue weighted by Gasteiger charge is 2.62. The molecule has 8 nitrogen and oxygen atoms in total. The molecule has 0 aliphatic carbocycles. The Morgan fingerprint density at radius 3 is 1.05 bits per heavy atom. The fraction of sp³-hybridized carbons (Fsp3) is 0.864. The van der Waals surface area contributed by atoms with Crippen LogP contribution in [0.1, 0.15) is 20.3 Å². The third-order valence-corrected chi connectivity index (χ3v) is 28.1. The summed E-state index contributed by atoms with van der Waals surface area (Å²) in [7, 11) is -18.3. The molecule has 0 radical (unpaired) electrons. The number of carbonyl (C=O) groups is 1. The van der Waals surface area contributed by atoms with Gasteiger partial charge < -0.3 is 29.4 Å². The Morgan fingerprint density at radius 2 is 0.865 bits per heavy atom. The van der Waals surface area contributed by atoms with Gasteiger partial charge in [0.2, 0.25) is 0 Å². The third kappa shape index (κ3) is 15.8. The van der Waals surface area contributed by atoms with Gasteiger partial charge in [-0.1, -0.05) is 13.5 Å². The first kappa shape index (κ1) is 37.5. The molecule has 0 aromatic carbocycles. The summed E-state index contributed by atoms with van der Waals surface area (Å²) in [5.41, 5.74) is -0.455. The molecule has 0 aromatic heterocycles. The minimum Gasteiger partial charge on any atom is -0.455 e. The van der Waals surface area contributed by atoms with Crippen LogP contribution in [-0.4, -0.2) is 71.1 Å². The summed E-state index contributed by atoms with van der Waals surface area (Å²) in [5, 5.41) is 0. The number of ether oxygens (including phenoxy) is 1. The van der Waals surface area contributed by atoms with Crippen LogP contribution in [0.2, 0.25) is 98.2 Å². The van der Waals surface area contributed by atoms with Gasteiger partial charge in [0, 0.05) is 5.57 Å². The fourth-order valence-corrected chi connectivity index (χ4v) is 35.7. The van der Waals surface area contributed by atoms with Crippen LogP contribution in [0, 0.1) is 0 Å². The predicted octanol–water partition coefficient (Wildman–Crippen LogP) is 7.07. The van der Waals surface area contributed by atoms with Crippen molar-refractivity contribution in [3.8, 4) is 0 Å². The summed E-state index contributed by atoms with van der Waals surface area (Å²) < 4.78 is 46.9. The smallest absolute Gasteiger partial charge is 0.455 e. The molecule has 0 N–H and O–H groups in total. The van der Waals surface area contributed by atoms with Crippen molar-refractivity contribution in [1.29, 1.82) is 0 Å². The fourth-order valence-electron chi connectivity index (χ4n) is 4.20. The van der Waals surface area contributed by atoms with E-state index >= 15 is 0 Å². The molecule has 0 spiro atoms. The molecule has 1 atom stereocenters. The molecule has 0 aliphatic heterocycles. The molecule has 0 saturated carbocycles. The Morgan fingerprint density at radius 1 is 0.595 bits per heavy atom. The van der Waals surface area contributed by atoms with Crippen LogP contribution in [0.15, 0.2) is 12.2 Å². The second-order valence-electron chi connectivity index (χ2n) is 13.8. The van der Waals surface area contributed by atoms with E-state index in [0.717, 1.165) is 0 Å². The van der Waals surface area contributed by atoms with Crippen molar-refractivity contribution in [2.45, 2.75) is 124 Å². The zero-order valence-electron chi connectivity index (χ0n) is 26.8. The van der Waals surface area contributed by atoms with E-state index in [2.05, 4.69) is 65.5 Å². The lowest BCUT2D eigenvalue weighted by Crippen LogP contribution is -2.71. The maximum atomic E-state index is 12.8. The van der Waals surface area contributed by atoms with Crippen molar-refractivity contribution in [1.82, 2.24) is 0 Å². The zero-order valence-corrected chi connectivity index (χ0v) is 33.8. The zero-order chi connectivity index (χ0) is 29.9. The second-order valence-corrected chi connectivity index (χ2v) is 41.7. The molecule has 1 unspecified atom stereocenters. The minimum atomic E-state index is -3.85. The van der Waals surface area contributed by atoms with Gasteiger partial charge in [0.25, 0.3) is 0 Å². The van der Waals surface area contributed by atoms with Crippen LogP contribution in [-0.2, 0) is 34.2 Å². The topological polar surface area (TPSA) is 81.7 Å². The summed E-state index contributed by atoms with van der Waals surface area (Å²) in [6.45, 7) is 38.6. The maximum absolute atomic E-state index is 12.8. The molecule has 15 heteroatoms. The monoisotopic (exact) mass is 644 g/mol. The van der Waals surface area contributed by atoms with E-state index in [9.17, 15) is 4.79 Å². The van der Waals surface area contributed by atoms with Gasteiger partial charge >= 0.3 is 40.5 Å². The van der Waals surface area contributed by atoms with Gasteiger partial charge in [0.15, 0.2) is 30.7 Å². The summed E-state index contributed by atoms with van der Waals surface area (Å²) >= 11 is 0. The van der Waals surface area contributed by atoms with Gasteiger partial charge in [-0.3, -0.25) is 0 Å². The van der Waals surface area contributed by atoms with Crippen molar-refractivity contribution >= 4 is 65.4 Å². The molecular formula is C22H56O8Si7. The van der Waals surface area contributed by atoms with E-state index in [1.54, 1.807) is 6.92 Å². The molecule has 220 valence electrons. The molecule has 0 bridgehead atoms. The van der Waals surface area contributed by atoms with Crippen molar-refractivity contribution < 1.29 is 34.2 Å². The highest BCUT2D eigenvalue weighted by atomic mass is 28.5. The lowest BCUT2D eigenvalue weighted by atomic mass is 10.4. The summed E-state index contributed by atoms with van der Waals surface area (Å²) in [6, 6.07) is 0. The van der Waals surface area contributed by atoms with Crippen LogP contribution in [0.3, 0.4) is 0 Å². The third-order valence-electron chi connectivity index (χ3n) is 4.18. The lowest BCUT2D eigenvalue weighted by Gasteiger charge is -2.48. The molecular weight excluding hydrogens is 589 g/mol. The molecule has 0 amide bonds. The maximum Gasteiger partial charge on any atom is 0.517 e. The highest BCUT2D eigenvalue weighted by molar-refractivity contribution is 6.93. The molecule has 0 fully saturated rings. The van der Waals surface area contributed by atoms with Crippen LogP contribution < -0.4 is 0 Å². The van der Waals surface area contributed by atoms with Crippen LogP contribution >= 0.6 is 0 Å². The average Bonchev–Trinajstić information content (AvgIpc) is 2.50. The first-order valence-electron chi connectivity index (χ1n) is 13.1. The number of hydrogen-bond donors (Lipinski definition) is 0. The molecule has 0 aromatic rings. The van der Waals surface area contributed by atoms with Crippen molar-refractivity contribution in [2.75, 3.05) is 0 Å². The quantitative estimate of drug-likeness (QED) is 0.100. The van der Waals surface area contributed by atoms with Gasteiger partial charge in [0.05, 0.1) is 0 Å². The van der Waals surface area contributed by atoms with Crippen molar-refractivity contribution in [2.24, 2.45) is 0 Å². The lowest BCUT2D eigenvalue weighted by molar-refractivity contribution is -0.143. The van der Waals surface area contributed by atoms with Gasteiger partial charge in [-0.15, -0.1) is 0 Å². The first-order chi connectivity index (χ1) is 16.0. The molecule has 0 aliphatic rings. The average molecular weight is 645 g/mol. The van der Waals surface area contributed by atoms with Crippen LogP contribution in [0.5, 0.6) is 0 Å². The second kappa shape index (κ2) is 13.0. The van der Waals surface area contributed by atoms with E-state index in [1.807, 2.05) is 46.2 Å². The number of hydrogen-bond acceptors (Lipinski definition) is 8. The van der Waals surface area contributed by atoms with E-state index in [4.69, 9.17) is 29.4 Å². The van der Waals surface area contributed by atoms with Gasteiger partial charge in [-0.05, 0) is 112 Å². The number of carbonyl (C=O) groups excluding carboxylic acids is 1. The Labute approximate surface area is 235 Å². The Bertz CT molecular complexity index is 709. The summed E-state index contributed by atoms with van der Waals surface area (Å²) in [4.78, 5) is 12.8. The van der Waals surface area contributed by atoms with E-state index in [0.29, 0.717) is 12.0 Å². The molecule has 0 heterocycles. The summed E-state index contributed by atoms with van der Waals surface area (Å²) in [5.74, 6) is -0.499. The van der Waals surface area contributed by atoms with Gasteiger partial charge in [-0.25, -0.2) is 4.79 Å². The molecule has 0 saturated heterocycles. The Hall–Kier alpha value is 0.488. The first-order valence-corrected chi connectivity index (χ1v) is 33.6. The van der Waals surface area contributed by atoms with Gasteiger partial charge in [-0.2, -0.15) is 0 Å². The van der Waals surface area contributed by atoms with Gasteiger partial charge in [0.1, 0.15) is 0 Å². The largest absolute Gasteiger partial charge is 0.517 e. The predicted molar refractivity (Wildman–Crippen MR) is 170 cm³/mol. The van der Waals surface area contributed by atoms with Crippen LogP contribution in [0.4, 0.5) is 0 Å². The highest BCUT2D eigenvalue weighted by Crippen LogP contribution is 2.35.